The summed E-state index contributed by atoms with van der Waals surface area (Å²) in [5.41, 5.74) is 1.11. The largest absolute Gasteiger partial charge is 0.320 e. The first-order valence-electron chi connectivity index (χ1n) is 7.55. The number of amides is 1. The monoisotopic (exact) mass is 321 g/mol. The molecule has 1 aliphatic heterocycles. The van der Waals surface area contributed by atoms with Crippen LogP contribution in [0.4, 0.5) is 0 Å². The smallest absolute Gasteiger partial charge is 0.227 e. The summed E-state index contributed by atoms with van der Waals surface area (Å²) >= 11 is 0. The Morgan fingerprint density at radius 1 is 1.27 bits per heavy atom. The summed E-state index contributed by atoms with van der Waals surface area (Å²) in [6.45, 7) is 5.75. The number of rotatable bonds is 6. The molecule has 0 radical (unpaired) electrons. The lowest BCUT2D eigenvalue weighted by atomic mass is 10.1. The molecule has 1 aromatic rings. The molecular weight excluding hydrogens is 298 g/mol. The molecule has 0 N–H and O–H groups in total. The Labute approximate surface area is 134 Å². The maximum absolute atomic E-state index is 12.4. The minimum Gasteiger partial charge on any atom is -0.320 e. The van der Waals surface area contributed by atoms with Crippen LogP contribution in [0.5, 0.6) is 0 Å². The summed E-state index contributed by atoms with van der Waals surface area (Å²) in [6, 6.07) is 9.80. The van der Waals surface area contributed by atoms with Gasteiger partial charge in [-0.2, -0.15) is 0 Å². The van der Waals surface area contributed by atoms with E-state index in [-0.39, 0.29) is 34.8 Å². The fraction of sp³-hybridized carbons (Fsp3) is 0.529. The first-order valence-corrected chi connectivity index (χ1v) is 8.76. The SMILES string of the molecule is CC(C)(C)S(=O)C1CC(=O)N1CC(=O)CCc1ccccc1. The second-order valence-corrected chi connectivity index (χ2v) is 8.98. The number of carbonyl (C=O) groups is 2. The lowest BCUT2D eigenvalue weighted by Crippen LogP contribution is -2.58. The van der Waals surface area contributed by atoms with E-state index in [9.17, 15) is 13.8 Å². The van der Waals surface area contributed by atoms with Crippen molar-refractivity contribution in [1.82, 2.24) is 4.90 Å². The number of hydrogen-bond acceptors (Lipinski definition) is 3. The Kier molecular flexibility index (Phi) is 5.16. The van der Waals surface area contributed by atoms with Crippen LogP contribution in [0.15, 0.2) is 30.3 Å². The zero-order valence-electron chi connectivity index (χ0n) is 13.4. The molecule has 1 amide bonds. The van der Waals surface area contributed by atoms with Gasteiger partial charge in [0, 0.05) is 11.2 Å². The van der Waals surface area contributed by atoms with Crippen LogP contribution in [0.3, 0.4) is 0 Å². The van der Waals surface area contributed by atoms with E-state index >= 15 is 0 Å². The van der Waals surface area contributed by atoms with Crippen molar-refractivity contribution in [3.63, 3.8) is 0 Å². The van der Waals surface area contributed by atoms with Crippen molar-refractivity contribution in [2.24, 2.45) is 0 Å². The van der Waals surface area contributed by atoms with E-state index in [0.29, 0.717) is 12.8 Å². The highest BCUT2D eigenvalue weighted by atomic mass is 32.2. The van der Waals surface area contributed by atoms with Crippen molar-refractivity contribution >= 4 is 22.5 Å². The maximum Gasteiger partial charge on any atom is 0.227 e. The van der Waals surface area contributed by atoms with Gasteiger partial charge in [-0.1, -0.05) is 30.3 Å². The number of hydrogen-bond donors (Lipinski definition) is 0. The summed E-state index contributed by atoms with van der Waals surface area (Å²) in [6.07, 6.45) is 1.37. The molecule has 1 fully saturated rings. The van der Waals surface area contributed by atoms with Crippen LogP contribution in [-0.4, -0.2) is 37.5 Å². The Balaban J connectivity index is 1.87. The number of ketones is 1. The van der Waals surface area contributed by atoms with E-state index in [2.05, 4.69) is 0 Å². The van der Waals surface area contributed by atoms with Gasteiger partial charge in [-0.05, 0) is 32.8 Å². The van der Waals surface area contributed by atoms with Crippen LogP contribution >= 0.6 is 0 Å². The van der Waals surface area contributed by atoms with Gasteiger partial charge in [-0.3, -0.25) is 13.8 Å². The van der Waals surface area contributed by atoms with E-state index in [1.54, 1.807) is 0 Å². The minimum atomic E-state index is -1.15. The summed E-state index contributed by atoms with van der Waals surface area (Å²) in [4.78, 5) is 25.3. The summed E-state index contributed by atoms with van der Waals surface area (Å²) < 4.78 is 12.0. The molecular formula is C17H23NO3S. The van der Waals surface area contributed by atoms with Crippen molar-refractivity contribution < 1.29 is 13.8 Å². The zero-order chi connectivity index (χ0) is 16.3. The highest BCUT2D eigenvalue weighted by Crippen LogP contribution is 2.28. The Bertz CT molecular complexity index is 577. The summed E-state index contributed by atoms with van der Waals surface area (Å²) in [5, 5.41) is -0.312. The maximum atomic E-state index is 12.4. The molecule has 5 heteroatoms. The topological polar surface area (TPSA) is 54.5 Å². The van der Waals surface area contributed by atoms with Gasteiger partial charge in [-0.25, -0.2) is 0 Å². The average molecular weight is 321 g/mol. The molecule has 1 saturated heterocycles. The molecule has 120 valence electrons. The van der Waals surface area contributed by atoms with Crippen molar-refractivity contribution in [1.29, 1.82) is 0 Å². The van der Waals surface area contributed by atoms with Crippen LogP contribution in [0.1, 0.15) is 39.2 Å². The molecule has 2 atom stereocenters. The van der Waals surface area contributed by atoms with Gasteiger partial charge in [0.1, 0.15) is 5.37 Å². The Hall–Kier alpha value is -1.49. The van der Waals surface area contributed by atoms with Crippen LogP contribution in [0.2, 0.25) is 0 Å². The number of benzene rings is 1. The number of carbonyl (C=O) groups excluding carboxylic acids is 2. The lowest BCUT2D eigenvalue weighted by Gasteiger charge is -2.42. The summed E-state index contributed by atoms with van der Waals surface area (Å²) in [7, 11) is -1.15. The highest BCUT2D eigenvalue weighted by molar-refractivity contribution is 7.87. The van der Waals surface area contributed by atoms with Crippen molar-refractivity contribution in [2.75, 3.05) is 6.54 Å². The van der Waals surface area contributed by atoms with Crippen molar-refractivity contribution in [3.8, 4) is 0 Å². The molecule has 1 aliphatic rings. The molecule has 2 unspecified atom stereocenters. The molecule has 4 nitrogen and oxygen atoms in total. The standard InChI is InChI=1S/C17H23NO3S/c1-17(2,3)22(21)16-11-15(20)18(16)12-14(19)10-9-13-7-5-4-6-8-13/h4-8,16H,9-12H2,1-3H3. The quantitative estimate of drug-likeness (QED) is 0.756. The highest BCUT2D eigenvalue weighted by Gasteiger charge is 2.44. The third-order valence-corrected chi connectivity index (χ3v) is 5.87. The second-order valence-electron chi connectivity index (χ2n) is 6.61. The number of likely N-dealkylation sites (tertiary alicyclic amines) is 1. The van der Waals surface area contributed by atoms with Gasteiger partial charge < -0.3 is 4.90 Å². The van der Waals surface area contributed by atoms with Gasteiger partial charge >= 0.3 is 0 Å². The number of Topliss-reactive ketones (excluding diaryl/α,β-unsaturated/α-hetero) is 1. The zero-order valence-corrected chi connectivity index (χ0v) is 14.2. The lowest BCUT2D eigenvalue weighted by molar-refractivity contribution is -0.145. The van der Waals surface area contributed by atoms with Gasteiger partial charge in [0.05, 0.1) is 23.8 Å². The third-order valence-electron chi connectivity index (χ3n) is 3.75. The first-order chi connectivity index (χ1) is 10.3. The minimum absolute atomic E-state index is 0.0211. The van der Waals surface area contributed by atoms with Crippen LogP contribution in [0.25, 0.3) is 0 Å². The molecule has 0 saturated carbocycles. The van der Waals surface area contributed by atoms with Crippen molar-refractivity contribution in [3.05, 3.63) is 35.9 Å². The molecule has 0 aromatic heterocycles. The predicted molar refractivity (Wildman–Crippen MR) is 87.8 cm³/mol. The van der Waals surface area contributed by atoms with Gasteiger partial charge in [0.25, 0.3) is 0 Å². The molecule has 0 aliphatic carbocycles. The molecule has 1 heterocycles. The van der Waals surface area contributed by atoms with Gasteiger partial charge in [-0.15, -0.1) is 0 Å². The molecule has 2 rings (SSSR count). The van der Waals surface area contributed by atoms with E-state index in [4.69, 9.17) is 0 Å². The molecule has 22 heavy (non-hydrogen) atoms. The van der Waals surface area contributed by atoms with Crippen LogP contribution < -0.4 is 0 Å². The summed E-state index contributed by atoms with van der Waals surface area (Å²) in [5.74, 6) is -0.0523. The van der Waals surface area contributed by atoms with E-state index < -0.39 is 10.8 Å². The molecule has 0 spiro atoms. The van der Waals surface area contributed by atoms with E-state index in [0.717, 1.165) is 5.56 Å². The molecule has 1 aromatic carbocycles. The second kappa shape index (κ2) is 6.73. The van der Waals surface area contributed by atoms with Crippen LogP contribution in [0, 0.1) is 0 Å². The first kappa shape index (κ1) is 16.9. The predicted octanol–water partition coefficient (Wildman–Crippen LogP) is 2.29. The van der Waals surface area contributed by atoms with E-state index in [1.807, 2.05) is 51.1 Å². The number of β-lactam (4-membered cyclic amide) rings is 1. The molecule has 0 bridgehead atoms. The van der Waals surface area contributed by atoms with Crippen molar-refractivity contribution in [2.45, 2.75) is 50.2 Å². The van der Waals surface area contributed by atoms with E-state index in [1.165, 1.54) is 4.90 Å². The number of aryl methyl sites for hydroxylation is 1. The fourth-order valence-corrected chi connectivity index (χ4v) is 3.95. The number of nitrogens with zero attached hydrogens (tertiary/aromatic N) is 1. The Morgan fingerprint density at radius 2 is 1.91 bits per heavy atom. The third kappa shape index (κ3) is 4.03. The van der Waals surface area contributed by atoms with Gasteiger partial charge in [0.2, 0.25) is 5.91 Å². The van der Waals surface area contributed by atoms with Gasteiger partial charge in [0.15, 0.2) is 5.78 Å². The van der Waals surface area contributed by atoms with Crippen LogP contribution in [-0.2, 0) is 26.8 Å². The average Bonchev–Trinajstić information content (AvgIpc) is 2.47. The Morgan fingerprint density at radius 3 is 2.45 bits per heavy atom. The normalized spacial score (nSPS) is 19.7. The fourth-order valence-electron chi connectivity index (χ4n) is 2.41.